The number of carbonyl (C=O) groups is 3. The van der Waals surface area contributed by atoms with Crippen molar-refractivity contribution in [1.82, 2.24) is 4.90 Å². The summed E-state index contributed by atoms with van der Waals surface area (Å²) in [6, 6.07) is 12.8. The predicted molar refractivity (Wildman–Crippen MR) is 104 cm³/mol. The normalized spacial score (nSPS) is 16.0. The Morgan fingerprint density at radius 1 is 1.07 bits per heavy atom. The van der Waals surface area contributed by atoms with Crippen molar-refractivity contribution in [2.24, 2.45) is 5.73 Å². The molecule has 1 fully saturated rings. The van der Waals surface area contributed by atoms with Crippen molar-refractivity contribution in [3.8, 4) is 11.1 Å². The lowest BCUT2D eigenvalue weighted by atomic mass is 10.0. The van der Waals surface area contributed by atoms with Gasteiger partial charge in [0.25, 0.3) is 0 Å². The molecule has 7 heteroatoms. The summed E-state index contributed by atoms with van der Waals surface area (Å²) < 4.78 is 13.1. The van der Waals surface area contributed by atoms with Crippen LogP contribution in [-0.2, 0) is 14.4 Å². The van der Waals surface area contributed by atoms with Gasteiger partial charge in [0.1, 0.15) is 11.9 Å². The summed E-state index contributed by atoms with van der Waals surface area (Å²) in [5, 5.41) is 2.86. The molecule has 0 radical (unpaired) electrons. The summed E-state index contributed by atoms with van der Waals surface area (Å²) in [5.74, 6) is -1.35. The summed E-state index contributed by atoms with van der Waals surface area (Å²) in [5.41, 5.74) is 7.38. The molecule has 1 saturated heterocycles. The third kappa shape index (κ3) is 4.73. The van der Waals surface area contributed by atoms with E-state index >= 15 is 0 Å². The van der Waals surface area contributed by atoms with Gasteiger partial charge in [0.05, 0.1) is 0 Å². The first kappa shape index (κ1) is 19.5. The van der Waals surface area contributed by atoms with Gasteiger partial charge in [-0.2, -0.15) is 0 Å². The molecule has 0 bridgehead atoms. The van der Waals surface area contributed by atoms with Gasteiger partial charge in [0.2, 0.25) is 17.7 Å². The Balaban J connectivity index is 1.68. The van der Waals surface area contributed by atoms with Crippen LogP contribution < -0.4 is 11.1 Å². The highest BCUT2D eigenvalue weighted by Gasteiger charge is 2.33. The van der Waals surface area contributed by atoms with Crippen LogP contribution >= 0.6 is 0 Å². The Morgan fingerprint density at radius 2 is 1.82 bits per heavy atom. The van der Waals surface area contributed by atoms with Crippen molar-refractivity contribution in [1.29, 1.82) is 0 Å². The Bertz CT molecular complexity index is 883. The predicted octanol–water partition coefficient (Wildman–Crippen LogP) is 2.69. The number of nitrogens with zero attached hydrogens (tertiary/aromatic N) is 1. The van der Waals surface area contributed by atoms with Crippen molar-refractivity contribution >= 4 is 23.4 Å². The number of benzene rings is 2. The quantitative estimate of drug-likeness (QED) is 0.803. The highest BCUT2D eigenvalue weighted by molar-refractivity contribution is 5.98. The molecule has 1 aliphatic rings. The molecule has 3 N–H and O–H groups in total. The fourth-order valence-electron chi connectivity index (χ4n) is 3.36. The fraction of sp³-hybridized carbons (Fsp3) is 0.286. The molecule has 0 aliphatic carbocycles. The van der Waals surface area contributed by atoms with Crippen LogP contribution in [0.5, 0.6) is 0 Å². The average molecular weight is 383 g/mol. The summed E-state index contributed by atoms with van der Waals surface area (Å²) in [7, 11) is 0. The van der Waals surface area contributed by atoms with E-state index in [0.29, 0.717) is 18.7 Å². The van der Waals surface area contributed by atoms with E-state index in [1.165, 1.54) is 17.0 Å². The number of halogens is 1. The molecule has 2 aromatic carbocycles. The number of nitrogens with two attached hydrogens (primary N) is 1. The lowest BCUT2D eigenvalue weighted by Gasteiger charge is -2.24. The van der Waals surface area contributed by atoms with Crippen molar-refractivity contribution in [2.45, 2.75) is 31.7 Å². The highest BCUT2D eigenvalue weighted by Crippen LogP contribution is 2.25. The molecule has 1 heterocycles. The molecule has 0 aromatic heterocycles. The summed E-state index contributed by atoms with van der Waals surface area (Å²) in [6.45, 7) is 0.491. The Kier molecular flexibility index (Phi) is 6.03. The van der Waals surface area contributed by atoms with Crippen molar-refractivity contribution in [3.63, 3.8) is 0 Å². The molecule has 28 heavy (non-hydrogen) atoms. The second kappa shape index (κ2) is 8.65. The number of hydrogen-bond donors (Lipinski definition) is 2. The molecule has 0 unspecified atom stereocenters. The number of carbonyl (C=O) groups excluding carboxylic acids is 3. The molecule has 2 aromatic rings. The minimum atomic E-state index is -0.560. The number of anilines is 1. The second-order valence-corrected chi connectivity index (χ2v) is 6.79. The first-order valence-corrected chi connectivity index (χ1v) is 9.18. The number of primary amides is 1. The molecule has 1 aliphatic heterocycles. The van der Waals surface area contributed by atoms with Crippen LogP contribution in [0.3, 0.4) is 0 Å². The van der Waals surface area contributed by atoms with Gasteiger partial charge in [0.15, 0.2) is 0 Å². The van der Waals surface area contributed by atoms with Crippen LogP contribution in [0.15, 0.2) is 48.5 Å². The van der Waals surface area contributed by atoms with E-state index in [2.05, 4.69) is 5.32 Å². The SMILES string of the molecule is NC(=O)CCC(=O)N1CCC[C@H]1C(=O)Nc1cccc(-c2ccc(F)cc2)c1. The van der Waals surface area contributed by atoms with E-state index in [4.69, 9.17) is 5.73 Å². The molecule has 146 valence electrons. The first-order chi connectivity index (χ1) is 13.4. The van der Waals surface area contributed by atoms with Gasteiger partial charge >= 0.3 is 0 Å². The van der Waals surface area contributed by atoms with Gasteiger partial charge < -0.3 is 16.0 Å². The maximum Gasteiger partial charge on any atom is 0.247 e. The third-order valence-corrected chi connectivity index (χ3v) is 4.77. The summed E-state index contributed by atoms with van der Waals surface area (Å²) in [4.78, 5) is 37.4. The van der Waals surface area contributed by atoms with E-state index in [0.717, 1.165) is 17.5 Å². The molecule has 0 spiro atoms. The standard InChI is InChI=1S/C21H22FN3O3/c22-16-8-6-14(7-9-16)15-3-1-4-17(13-15)24-21(28)18-5-2-12-25(18)20(27)11-10-19(23)26/h1,3-4,6-9,13,18H,2,5,10-12H2,(H2,23,26)(H,24,28)/t18-/m0/s1. The zero-order chi connectivity index (χ0) is 20.1. The molecule has 0 saturated carbocycles. The average Bonchev–Trinajstić information content (AvgIpc) is 3.17. The van der Waals surface area contributed by atoms with Gasteiger partial charge in [-0.15, -0.1) is 0 Å². The minimum Gasteiger partial charge on any atom is -0.370 e. The first-order valence-electron chi connectivity index (χ1n) is 9.18. The third-order valence-electron chi connectivity index (χ3n) is 4.77. The van der Waals surface area contributed by atoms with Crippen LogP contribution in [0, 0.1) is 5.82 Å². The fourth-order valence-corrected chi connectivity index (χ4v) is 3.36. The number of rotatable bonds is 6. The van der Waals surface area contributed by atoms with Crippen LogP contribution in [0.1, 0.15) is 25.7 Å². The van der Waals surface area contributed by atoms with Gasteiger partial charge in [0, 0.05) is 25.1 Å². The number of amides is 3. The van der Waals surface area contributed by atoms with Gasteiger partial charge in [-0.25, -0.2) is 4.39 Å². The molecule has 3 rings (SSSR count). The summed E-state index contributed by atoms with van der Waals surface area (Å²) >= 11 is 0. The molecule has 1 atom stereocenters. The van der Waals surface area contributed by atoms with E-state index < -0.39 is 11.9 Å². The van der Waals surface area contributed by atoms with Gasteiger partial charge in [-0.05, 0) is 48.2 Å². The van der Waals surface area contributed by atoms with Crippen molar-refractivity contribution in [3.05, 3.63) is 54.3 Å². The van der Waals surface area contributed by atoms with E-state index in [9.17, 15) is 18.8 Å². The maximum atomic E-state index is 13.1. The lowest BCUT2D eigenvalue weighted by molar-refractivity contribution is -0.137. The van der Waals surface area contributed by atoms with Gasteiger partial charge in [-0.3, -0.25) is 14.4 Å². The molecule has 3 amide bonds. The Hall–Kier alpha value is -3.22. The highest BCUT2D eigenvalue weighted by atomic mass is 19.1. The Morgan fingerprint density at radius 3 is 2.54 bits per heavy atom. The van der Waals surface area contributed by atoms with Crippen molar-refractivity contribution in [2.75, 3.05) is 11.9 Å². The van der Waals surface area contributed by atoms with E-state index in [-0.39, 0.29) is 30.5 Å². The van der Waals surface area contributed by atoms with Gasteiger partial charge in [-0.1, -0.05) is 24.3 Å². The molecular formula is C21H22FN3O3. The zero-order valence-electron chi connectivity index (χ0n) is 15.4. The monoisotopic (exact) mass is 383 g/mol. The van der Waals surface area contributed by atoms with E-state index in [1.807, 2.05) is 6.07 Å². The molecular weight excluding hydrogens is 361 g/mol. The summed E-state index contributed by atoms with van der Waals surface area (Å²) in [6.07, 6.45) is 1.30. The lowest BCUT2D eigenvalue weighted by Crippen LogP contribution is -2.43. The zero-order valence-corrected chi connectivity index (χ0v) is 15.4. The number of likely N-dealkylation sites (tertiary alicyclic amines) is 1. The topological polar surface area (TPSA) is 92.5 Å². The van der Waals surface area contributed by atoms with Crippen LogP contribution in [0.2, 0.25) is 0 Å². The Labute approximate surface area is 162 Å². The molecule has 6 nitrogen and oxygen atoms in total. The number of hydrogen-bond acceptors (Lipinski definition) is 3. The minimum absolute atomic E-state index is 0.0131. The number of nitrogens with one attached hydrogen (secondary N) is 1. The van der Waals surface area contributed by atoms with Crippen molar-refractivity contribution < 1.29 is 18.8 Å². The maximum absolute atomic E-state index is 13.1. The van der Waals surface area contributed by atoms with E-state index in [1.54, 1.807) is 30.3 Å². The smallest absolute Gasteiger partial charge is 0.247 e. The van der Waals surface area contributed by atoms with Crippen LogP contribution in [0.4, 0.5) is 10.1 Å². The largest absolute Gasteiger partial charge is 0.370 e. The van der Waals surface area contributed by atoms with Crippen LogP contribution in [-0.4, -0.2) is 35.2 Å². The van der Waals surface area contributed by atoms with Crippen LogP contribution in [0.25, 0.3) is 11.1 Å². The second-order valence-electron chi connectivity index (χ2n) is 6.79.